The van der Waals surface area contributed by atoms with Gasteiger partial charge >= 0.3 is 11.9 Å². The van der Waals surface area contributed by atoms with Gasteiger partial charge in [0, 0.05) is 11.5 Å². The van der Waals surface area contributed by atoms with Crippen molar-refractivity contribution in [3.8, 4) is 0 Å². The molecular formula is C26H30N2O7. The molecule has 3 rings (SSSR count). The Hall–Kier alpha value is -3.88. The predicted octanol–water partition coefficient (Wildman–Crippen LogP) is 4.38. The summed E-state index contributed by atoms with van der Waals surface area (Å²) in [6.07, 6.45) is 0. The first-order valence-corrected chi connectivity index (χ1v) is 11.4. The summed E-state index contributed by atoms with van der Waals surface area (Å²) in [5, 5.41) is 3.44. The molecule has 1 N–H and O–H groups in total. The Morgan fingerprint density at radius 1 is 0.943 bits per heavy atom. The number of benzene rings is 1. The molecule has 0 saturated heterocycles. The van der Waals surface area contributed by atoms with Gasteiger partial charge in [0.2, 0.25) is 11.8 Å². The van der Waals surface area contributed by atoms with E-state index in [4.69, 9.17) is 13.9 Å². The summed E-state index contributed by atoms with van der Waals surface area (Å²) in [5.74, 6) is -2.35. The van der Waals surface area contributed by atoms with Crippen molar-refractivity contribution in [3.05, 3.63) is 62.1 Å². The van der Waals surface area contributed by atoms with Crippen LogP contribution in [0.25, 0.3) is 10.9 Å². The number of furan rings is 1. The van der Waals surface area contributed by atoms with Crippen LogP contribution in [0.5, 0.6) is 0 Å². The Morgan fingerprint density at radius 2 is 1.54 bits per heavy atom. The second-order valence-corrected chi connectivity index (χ2v) is 8.36. The minimum absolute atomic E-state index is 0.0541. The number of hydrogen-bond acceptors (Lipinski definition) is 7. The molecule has 1 atom stereocenters. The lowest BCUT2D eigenvalue weighted by Gasteiger charge is -2.20. The van der Waals surface area contributed by atoms with Crippen molar-refractivity contribution in [1.82, 2.24) is 4.57 Å². The molecule has 0 aliphatic heterocycles. The largest absolute Gasteiger partial charge is 0.462 e. The number of esters is 2. The lowest BCUT2D eigenvalue weighted by Crippen LogP contribution is -2.32. The highest BCUT2D eigenvalue weighted by molar-refractivity contribution is 6.09. The molecule has 0 bridgehead atoms. The summed E-state index contributed by atoms with van der Waals surface area (Å²) in [5.41, 5.74) is 2.68. The summed E-state index contributed by atoms with van der Waals surface area (Å²) in [6.45, 7) is 12.2. The molecule has 1 aromatic carbocycles. The number of aryl methyl sites for hydroxylation is 4. The summed E-state index contributed by atoms with van der Waals surface area (Å²) in [4.78, 5) is 51.5. The van der Waals surface area contributed by atoms with Crippen molar-refractivity contribution >= 4 is 34.6 Å². The lowest BCUT2D eigenvalue weighted by molar-refractivity contribution is -0.118. The van der Waals surface area contributed by atoms with E-state index in [0.29, 0.717) is 5.52 Å². The first-order valence-electron chi connectivity index (χ1n) is 11.4. The van der Waals surface area contributed by atoms with Gasteiger partial charge in [0.05, 0.1) is 18.7 Å². The smallest absolute Gasteiger partial charge is 0.344 e. The van der Waals surface area contributed by atoms with E-state index in [1.807, 2.05) is 32.9 Å². The van der Waals surface area contributed by atoms with Crippen molar-refractivity contribution in [2.75, 3.05) is 18.5 Å². The highest BCUT2D eigenvalue weighted by Crippen LogP contribution is 2.30. The molecule has 35 heavy (non-hydrogen) atoms. The molecule has 2 heterocycles. The molecule has 0 aliphatic carbocycles. The Morgan fingerprint density at radius 3 is 2.14 bits per heavy atom. The van der Waals surface area contributed by atoms with Crippen molar-refractivity contribution in [2.45, 2.75) is 54.5 Å². The average Bonchev–Trinajstić information content (AvgIpc) is 3.10. The molecule has 0 spiro atoms. The maximum Gasteiger partial charge on any atom is 0.344 e. The summed E-state index contributed by atoms with van der Waals surface area (Å²) in [6, 6.07) is 4.45. The van der Waals surface area contributed by atoms with Crippen molar-refractivity contribution in [2.24, 2.45) is 0 Å². The van der Waals surface area contributed by atoms with Crippen molar-refractivity contribution < 1.29 is 28.3 Å². The van der Waals surface area contributed by atoms with Gasteiger partial charge < -0.3 is 13.9 Å². The monoisotopic (exact) mass is 482 g/mol. The SMILES string of the molecule is CCOC(=O)c1c(C)oc(NC(=O)C(C)n2c(=O)cc(C)c3cc(C)cc(C)c32)c1C(=O)OCC. The Bertz CT molecular complexity index is 1380. The second-order valence-electron chi connectivity index (χ2n) is 8.36. The number of ether oxygens (including phenoxy) is 2. The van der Waals surface area contributed by atoms with Crippen LogP contribution in [0, 0.1) is 27.7 Å². The lowest BCUT2D eigenvalue weighted by atomic mass is 10.0. The van der Waals surface area contributed by atoms with Crippen LogP contribution in [0.2, 0.25) is 0 Å². The molecule has 0 fully saturated rings. The molecule has 3 aromatic rings. The molecular weight excluding hydrogens is 452 g/mol. The van der Waals surface area contributed by atoms with E-state index >= 15 is 0 Å². The molecule has 0 radical (unpaired) electrons. The van der Waals surface area contributed by atoms with Gasteiger partial charge in [-0.3, -0.25) is 19.5 Å². The first-order chi connectivity index (χ1) is 16.5. The van der Waals surface area contributed by atoms with Crippen molar-refractivity contribution in [3.63, 3.8) is 0 Å². The number of pyridine rings is 1. The van der Waals surface area contributed by atoms with E-state index in [2.05, 4.69) is 5.32 Å². The minimum atomic E-state index is -0.960. The number of nitrogens with zero attached hydrogens (tertiary/aromatic N) is 1. The predicted molar refractivity (Wildman–Crippen MR) is 131 cm³/mol. The number of amides is 1. The molecule has 1 unspecified atom stereocenters. The minimum Gasteiger partial charge on any atom is -0.462 e. The fourth-order valence-electron chi connectivity index (χ4n) is 4.22. The Labute approximate surface area is 203 Å². The van der Waals surface area contributed by atoms with Gasteiger partial charge in [0.15, 0.2) is 0 Å². The van der Waals surface area contributed by atoms with Crippen molar-refractivity contribution in [1.29, 1.82) is 0 Å². The third-order valence-electron chi connectivity index (χ3n) is 5.73. The molecule has 1 amide bonds. The van der Waals surface area contributed by atoms with E-state index in [-0.39, 0.29) is 41.5 Å². The maximum atomic E-state index is 13.3. The van der Waals surface area contributed by atoms with Crippen LogP contribution in [0.1, 0.15) is 70.0 Å². The van der Waals surface area contributed by atoms with Crippen LogP contribution in [-0.4, -0.2) is 35.6 Å². The van der Waals surface area contributed by atoms with E-state index in [1.165, 1.54) is 17.6 Å². The quantitative estimate of drug-likeness (QED) is 0.497. The Kier molecular flexibility index (Phi) is 7.48. The number of carbonyl (C=O) groups is 3. The fraction of sp³-hybridized carbons (Fsp3) is 0.385. The second kappa shape index (κ2) is 10.2. The number of nitrogens with one attached hydrogen (secondary N) is 1. The van der Waals surface area contributed by atoms with Crippen LogP contribution in [0.15, 0.2) is 27.4 Å². The van der Waals surface area contributed by atoms with E-state index in [1.54, 1.807) is 20.8 Å². The van der Waals surface area contributed by atoms with E-state index in [0.717, 1.165) is 22.1 Å². The van der Waals surface area contributed by atoms with Crippen LogP contribution in [-0.2, 0) is 14.3 Å². The maximum absolute atomic E-state index is 13.3. The van der Waals surface area contributed by atoms with Gasteiger partial charge in [0.1, 0.15) is 22.9 Å². The number of anilines is 1. The summed E-state index contributed by atoms with van der Waals surface area (Å²) >= 11 is 0. The molecule has 2 aromatic heterocycles. The van der Waals surface area contributed by atoms with E-state index in [9.17, 15) is 19.2 Å². The van der Waals surface area contributed by atoms with Crippen LogP contribution in [0.4, 0.5) is 5.88 Å². The zero-order valence-corrected chi connectivity index (χ0v) is 21.0. The Balaban J connectivity index is 2.09. The topological polar surface area (TPSA) is 117 Å². The van der Waals surface area contributed by atoms with Crippen LogP contribution in [0.3, 0.4) is 0 Å². The average molecular weight is 483 g/mol. The summed E-state index contributed by atoms with van der Waals surface area (Å²) < 4.78 is 17.1. The van der Waals surface area contributed by atoms with Gasteiger partial charge in [-0.05, 0) is 65.7 Å². The van der Waals surface area contributed by atoms with E-state index < -0.39 is 23.9 Å². The number of fused-ring (bicyclic) bond motifs is 1. The third-order valence-corrected chi connectivity index (χ3v) is 5.73. The van der Waals surface area contributed by atoms with Gasteiger partial charge in [-0.1, -0.05) is 11.6 Å². The first kappa shape index (κ1) is 25.7. The zero-order chi connectivity index (χ0) is 26.0. The fourth-order valence-corrected chi connectivity index (χ4v) is 4.22. The van der Waals surface area contributed by atoms with Gasteiger partial charge in [0.25, 0.3) is 5.56 Å². The summed E-state index contributed by atoms with van der Waals surface area (Å²) in [7, 11) is 0. The van der Waals surface area contributed by atoms with Crippen LogP contribution < -0.4 is 10.9 Å². The standard InChI is InChI=1S/C26H30N2O7/c1-8-33-25(31)20-17(7)35-24(21(20)26(32)34-9-2)27-23(30)16(6)28-19(29)12-14(4)18-11-13(3)10-15(5)22(18)28/h10-12,16H,8-9H2,1-7H3,(H,27,30). The van der Waals surface area contributed by atoms with Gasteiger partial charge in [-0.2, -0.15) is 0 Å². The molecule has 9 heteroatoms. The highest BCUT2D eigenvalue weighted by Gasteiger charge is 2.32. The third kappa shape index (κ3) is 4.84. The van der Waals surface area contributed by atoms with Gasteiger partial charge in [-0.25, -0.2) is 9.59 Å². The highest BCUT2D eigenvalue weighted by atomic mass is 16.5. The normalized spacial score (nSPS) is 11.9. The molecule has 0 aliphatic rings. The number of carbonyl (C=O) groups excluding carboxylic acids is 3. The number of hydrogen-bond donors (Lipinski definition) is 1. The molecule has 0 saturated carbocycles. The number of aromatic nitrogens is 1. The molecule has 9 nitrogen and oxygen atoms in total. The van der Waals surface area contributed by atoms with Crippen LogP contribution >= 0.6 is 0 Å². The molecule has 186 valence electrons. The zero-order valence-electron chi connectivity index (χ0n) is 21.0. The number of rotatable bonds is 7. The van der Waals surface area contributed by atoms with Gasteiger partial charge in [-0.15, -0.1) is 0 Å².